The Morgan fingerprint density at radius 1 is 1.33 bits per heavy atom. The number of aromatic hydroxyl groups is 1. The van der Waals surface area contributed by atoms with E-state index < -0.39 is 6.09 Å². The number of hydrogen-bond donors (Lipinski definition) is 2. The number of ether oxygens (including phenoxy) is 1. The fraction of sp³-hybridized carbons (Fsp3) is 0.538. The molecule has 1 aromatic heterocycles. The van der Waals surface area contributed by atoms with E-state index >= 15 is 0 Å². The molecule has 0 bridgehead atoms. The van der Waals surface area contributed by atoms with E-state index in [0.717, 1.165) is 5.56 Å². The first-order chi connectivity index (χ1) is 8.32. The summed E-state index contributed by atoms with van der Waals surface area (Å²) in [6, 6.07) is 0. The number of nitrogens with zero attached hydrogens (tertiary/aromatic N) is 1. The van der Waals surface area contributed by atoms with Crippen molar-refractivity contribution in [2.75, 3.05) is 11.9 Å². The highest BCUT2D eigenvalue weighted by Crippen LogP contribution is 2.27. The molecule has 0 atom stereocenters. The van der Waals surface area contributed by atoms with E-state index in [2.05, 4.69) is 10.3 Å². The summed E-state index contributed by atoms with van der Waals surface area (Å²) in [5.41, 5.74) is 1.93. The summed E-state index contributed by atoms with van der Waals surface area (Å²) in [4.78, 5) is 15.7. The third-order valence-electron chi connectivity index (χ3n) is 2.66. The lowest BCUT2D eigenvalue weighted by Crippen LogP contribution is -2.18. The second-order valence-corrected chi connectivity index (χ2v) is 4.76. The number of carbonyl (C=O) groups excluding carboxylic acids is 1. The number of rotatable bonds is 3. The first-order valence-corrected chi connectivity index (χ1v) is 5.93. The SMILES string of the molecule is Cc1nc(NC(=O)OCC(C)C)c(C)c(C)c1O. The van der Waals surface area contributed by atoms with Crippen LogP contribution >= 0.6 is 0 Å². The van der Waals surface area contributed by atoms with Crippen LogP contribution < -0.4 is 5.32 Å². The van der Waals surface area contributed by atoms with Crippen molar-refractivity contribution in [2.24, 2.45) is 5.92 Å². The van der Waals surface area contributed by atoms with Crippen molar-refractivity contribution in [2.45, 2.75) is 34.6 Å². The van der Waals surface area contributed by atoms with Crippen LogP contribution in [0.2, 0.25) is 0 Å². The van der Waals surface area contributed by atoms with Gasteiger partial charge in [-0.2, -0.15) is 0 Å². The maximum atomic E-state index is 11.5. The van der Waals surface area contributed by atoms with Crippen molar-refractivity contribution in [3.8, 4) is 5.75 Å². The van der Waals surface area contributed by atoms with Gasteiger partial charge in [0.1, 0.15) is 11.6 Å². The normalized spacial score (nSPS) is 10.6. The minimum Gasteiger partial charge on any atom is -0.506 e. The van der Waals surface area contributed by atoms with Crippen molar-refractivity contribution in [1.29, 1.82) is 0 Å². The maximum absolute atomic E-state index is 11.5. The third-order valence-corrected chi connectivity index (χ3v) is 2.66. The quantitative estimate of drug-likeness (QED) is 0.867. The van der Waals surface area contributed by atoms with E-state index in [9.17, 15) is 9.90 Å². The monoisotopic (exact) mass is 252 g/mol. The van der Waals surface area contributed by atoms with Crippen LogP contribution in [0.1, 0.15) is 30.7 Å². The second-order valence-electron chi connectivity index (χ2n) is 4.76. The Labute approximate surface area is 107 Å². The van der Waals surface area contributed by atoms with Crippen LogP contribution in [0.4, 0.5) is 10.6 Å². The fourth-order valence-corrected chi connectivity index (χ4v) is 1.43. The Bertz CT molecular complexity index is 456. The molecule has 0 fully saturated rings. The molecule has 1 amide bonds. The predicted molar refractivity (Wildman–Crippen MR) is 69.9 cm³/mol. The van der Waals surface area contributed by atoms with Gasteiger partial charge in [-0.3, -0.25) is 5.32 Å². The highest BCUT2D eigenvalue weighted by atomic mass is 16.5. The highest BCUT2D eigenvalue weighted by Gasteiger charge is 2.13. The van der Waals surface area contributed by atoms with Crippen LogP contribution in [-0.4, -0.2) is 22.8 Å². The van der Waals surface area contributed by atoms with E-state index in [0.29, 0.717) is 23.7 Å². The molecule has 0 aliphatic rings. The average molecular weight is 252 g/mol. The van der Waals surface area contributed by atoms with Crippen molar-refractivity contribution >= 4 is 11.9 Å². The molecule has 1 aromatic rings. The Kier molecular flexibility index (Phi) is 4.53. The van der Waals surface area contributed by atoms with Gasteiger partial charge in [0.2, 0.25) is 0 Å². The summed E-state index contributed by atoms with van der Waals surface area (Å²) >= 11 is 0. The highest BCUT2D eigenvalue weighted by molar-refractivity contribution is 5.84. The van der Waals surface area contributed by atoms with Crippen LogP contribution in [0.15, 0.2) is 0 Å². The standard InChI is InChI=1S/C13H20N2O3/c1-7(2)6-18-13(17)15-12-9(4)8(3)11(16)10(5)14-12/h7,16H,6H2,1-5H3,(H,14,15,17). The molecule has 1 heterocycles. The smallest absolute Gasteiger partial charge is 0.412 e. The summed E-state index contributed by atoms with van der Waals surface area (Å²) in [7, 11) is 0. The Balaban J connectivity index is 2.82. The summed E-state index contributed by atoms with van der Waals surface area (Å²) in [6.45, 7) is 9.55. The van der Waals surface area contributed by atoms with Gasteiger partial charge < -0.3 is 9.84 Å². The molecular weight excluding hydrogens is 232 g/mol. The first-order valence-electron chi connectivity index (χ1n) is 5.93. The Hall–Kier alpha value is -1.78. The maximum Gasteiger partial charge on any atom is 0.412 e. The van der Waals surface area contributed by atoms with Gasteiger partial charge in [-0.1, -0.05) is 13.8 Å². The summed E-state index contributed by atoms with van der Waals surface area (Å²) in [6.07, 6.45) is -0.524. The lowest BCUT2D eigenvalue weighted by molar-refractivity contribution is 0.147. The molecule has 0 aromatic carbocycles. The van der Waals surface area contributed by atoms with E-state index in [-0.39, 0.29) is 11.7 Å². The van der Waals surface area contributed by atoms with Crippen molar-refractivity contribution in [1.82, 2.24) is 4.98 Å². The number of pyridine rings is 1. The minimum atomic E-state index is -0.524. The summed E-state index contributed by atoms with van der Waals surface area (Å²) in [5, 5.41) is 12.3. The Morgan fingerprint density at radius 3 is 2.50 bits per heavy atom. The van der Waals surface area contributed by atoms with Crippen molar-refractivity contribution in [3.05, 3.63) is 16.8 Å². The molecule has 0 aliphatic carbocycles. The fourth-order valence-electron chi connectivity index (χ4n) is 1.43. The Morgan fingerprint density at radius 2 is 1.94 bits per heavy atom. The van der Waals surface area contributed by atoms with E-state index in [4.69, 9.17) is 4.74 Å². The molecule has 100 valence electrons. The number of hydrogen-bond acceptors (Lipinski definition) is 4. The van der Waals surface area contributed by atoms with Crippen molar-refractivity contribution in [3.63, 3.8) is 0 Å². The van der Waals surface area contributed by atoms with Crippen LogP contribution in [-0.2, 0) is 4.74 Å². The van der Waals surface area contributed by atoms with E-state index in [1.54, 1.807) is 20.8 Å². The van der Waals surface area contributed by atoms with Crippen molar-refractivity contribution < 1.29 is 14.6 Å². The van der Waals surface area contributed by atoms with Crippen LogP contribution in [0.5, 0.6) is 5.75 Å². The minimum absolute atomic E-state index is 0.161. The molecule has 2 N–H and O–H groups in total. The largest absolute Gasteiger partial charge is 0.506 e. The molecule has 5 nitrogen and oxygen atoms in total. The van der Waals surface area contributed by atoms with Gasteiger partial charge in [0.05, 0.1) is 12.3 Å². The first kappa shape index (κ1) is 14.3. The molecule has 0 unspecified atom stereocenters. The molecule has 0 spiro atoms. The molecular formula is C13H20N2O3. The zero-order valence-electron chi connectivity index (χ0n) is 11.5. The number of nitrogens with one attached hydrogen (secondary N) is 1. The van der Waals surface area contributed by atoms with E-state index in [1.807, 2.05) is 13.8 Å². The lowest BCUT2D eigenvalue weighted by atomic mass is 10.1. The molecule has 5 heteroatoms. The lowest BCUT2D eigenvalue weighted by Gasteiger charge is -2.13. The van der Waals surface area contributed by atoms with Crippen LogP contribution in [0, 0.1) is 26.7 Å². The number of anilines is 1. The number of aryl methyl sites for hydroxylation is 1. The molecule has 0 radical (unpaired) electrons. The van der Waals surface area contributed by atoms with Gasteiger partial charge in [-0.05, 0) is 37.8 Å². The second kappa shape index (κ2) is 5.71. The summed E-state index contributed by atoms with van der Waals surface area (Å²) < 4.78 is 5.02. The molecule has 0 saturated heterocycles. The van der Waals surface area contributed by atoms with Crippen LogP contribution in [0.3, 0.4) is 0 Å². The van der Waals surface area contributed by atoms with Gasteiger partial charge in [-0.25, -0.2) is 9.78 Å². The molecule has 18 heavy (non-hydrogen) atoms. The molecule has 1 rings (SSSR count). The topological polar surface area (TPSA) is 71.5 Å². The van der Waals surface area contributed by atoms with Gasteiger partial charge >= 0.3 is 6.09 Å². The molecule has 0 aliphatic heterocycles. The number of aromatic nitrogens is 1. The van der Waals surface area contributed by atoms with E-state index in [1.165, 1.54) is 0 Å². The zero-order valence-corrected chi connectivity index (χ0v) is 11.5. The predicted octanol–water partition coefficient (Wildman–Crippen LogP) is 2.92. The average Bonchev–Trinajstić information content (AvgIpc) is 2.30. The zero-order chi connectivity index (χ0) is 13.9. The molecule has 0 saturated carbocycles. The number of carbonyl (C=O) groups is 1. The third kappa shape index (κ3) is 3.35. The number of amides is 1. The van der Waals surface area contributed by atoms with Crippen LogP contribution in [0.25, 0.3) is 0 Å². The van der Waals surface area contributed by atoms with Gasteiger partial charge in [0, 0.05) is 0 Å². The van der Waals surface area contributed by atoms with Gasteiger partial charge in [0.15, 0.2) is 0 Å². The summed E-state index contributed by atoms with van der Waals surface area (Å²) in [5.74, 6) is 0.873. The van der Waals surface area contributed by atoms with Gasteiger partial charge in [-0.15, -0.1) is 0 Å². The van der Waals surface area contributed by atoms with Gasteiger partial charge in [0.25, 0.3) is 0 Å².